The van der Waals surface area contributed by atoms with E-state index in [-0.39, 0.29) is 12.5 Å². The first-order valence-corrected chi connectivity index (χ1v) is 9.25. The predicted molar refractivity (Wildman–Crippen MR) is 111 cm³/mol. The SMILES string of the molecule is COc1ccc(NCC(=O)Nc2c(C(C)C)cccc2C(C)C)cc1OC. The fourth-order valence-electron chi connectivity index (χ4n) is 3.01. The zero-order valence-electron chi connectivity index (χ0n) is 17.1. The molecular formula is C22H30N2O3. The maximum atomic E-state index is 12.6. The van der Waals surface area contributed by atoms with Gasteiger partial charge in [-0.25, -0.2) is 0 Å². The summed E-state index contributed by atoms with van der Waals surface area (Å²) in [6, 6.07) is 11.7. The summed E-state index contributed by atoms with van der Waals surface area (Å²) in [6.07, 6.45) is 0. The van der Waals surface area contributed by atoms with Crippen molar-refractivity contribution in [2.45, 2.75) is 39.5 Å². The number of anilines is 2. The van der Waals surface area contributed by atoms with Crippen LogP contribution in [0.1, 0.15) is 50.7 Å². The van der Waals surface area contributed by atoms with Crippen LogP contribution in [0, 0.1) is 0 Å². The molecule has 0 unspecified atom stereocenters. The van der Waals surface area contributed by atoms with Gasteiger partial charge < -0.3 is 20.1 Å². The van der Waals surface area contributed by atoms with Crippen LogP contribution in [0.25, 0.3) is 0 Å². The summed E-state index contributed by atoms with van der Waals surface area (Å²) in [5.74, 6) is 1.85. The lowest BCUT2D eigenvalue weighted by Gasteiger charge is -2.20. The van der Waals surface area contributed by atoms with Crippen molar-refractivity contribution >= 4 is 17.3 Å². The number of ether oxygens (including phenoxy) is 2. The number of hydrogen-bond acceptors (Lipinski definition) is 4. The molecule has 0 spiro atoms. The van der Waals surface area contributed by atoms with Gasteiger partial charge >= 0.3 is 0 Å². The molecule has 2 aromatic carbocycles. The van der Waals surface area contributed by atoms with Crippen LogP contribution < -0.4 is 20.1 Å². The lowest BCUT2D eigenvalue weighted by molar-refractivity contribution is -0.114. The third-order valence-electron chi connectivity index (χ3n) is 4.47. The van der Waals surface area contributed by atoms with E-state index in [9.17, 15) is 4.79 Å². The van der Waals surface area contributed by atoms with Crippen LogP contribution in [0.2, 0.25) is 0 Å². The molecule has 0 bridgehead atoms. The quantitative estimate of drug-likeness (QED) is 0.686. The van der Waals surface area contributed by atoms with Gasteiger partial charge in [0.05, 0.1) is 20.8 Å². The topological polar surface area (TPSA) is 59.6 Å². The summed E-state index contributed by atoms with van der Waals surface area (Å²) < 4.78 is 10.5. The molecule has 0 aliphatic rings. The third kappa shape index (κ3) is 5.16. The Morgan fingerprint density at radius 2 is 1.52 bits per heavy atom. The van der Waals surface area contributed by atoms with Crippen LogP contribution in [0.15, 0.2) is 36.4 Å². The molecule has 0 aromatic heterocycles. The van der Waals surface area contributed by atoms with Crippen LogP contribution in [0.4, 0.5) is 11.4 Å². The Hall–Kier alpha value is -2.69. The van der Waals surface area contributed by atoms with Crippen molar-refractivity contribution in [2.24, 2.45) is 0 Å². The molecule has 2 rings (SSSR count). The van der Waals surface area contributed by atoms with Crippen LogP contribution >= 0.6 is 0 Å². The van der Waals surface area contributed by atoms with Crippen LogP contribution in [-0.2, 0) is 4.79 Å². The molecule has 0 aliphatic carbocycles. The van der Waals surface area contributed by atoms with Gasteiger partial charge in [0.25, 0.3) is 0 Å². The third-order valence-corrected chi connectivity index (χ3v) is 4.47. The lowest BCUT2D eigenvalue weighted by atomic mass is 9.92. The fourth-order valence-corrected chi connectivity index (χ4v) is 3.01. The standard InChI is InChI=1S/C22H30N2O3/c1-14(2)17-8-7-9-18(15(3)4)22(17)24-21(25)13-23-16-10-11-19(26-5)20(12-16)27-6/h7-12,14-15,23H,13H2,1-6H3,(H,24,25). The summed E-state index contributed by atoms with van der Waals surface area (Å²) >= 11 is 0. The van der Waals surface area contributed by atoms with Gasteiger partial charge in [-0.2, -0.15) is 0 Å². The Balaban J connectivity index is 2.12. The van der Waals surface area contributed by atoms with Crippen molar-refractivity contribution in [1.29, 1.82) is 0 Å². The molecule has 2 N–H and O–H groups in total. The highest BCUT2D eigenvalue weighted by Gasteiger charge is 2.16. The molecule has 0 saturated carbocycles. The molecule has 0 saturated heterocycles. The smallest absolute Gasteiger partial charge is 0.243 e. The molecule has 0 aliphatic heterocycles. The highest BCUT2D eigenvalue weighted by atomic mass is 16.5. The van der Waals surface area contributed by atoms with Crippen LogP contribution in [0.3, 0.4) is 0 Å². The number of para-hydroxylation sites is 1. The molecule has 5 heteroatoms. The molecule has 27 heavy (non-hydrogen) atoms. The number of carbonyl (C=O) groups is 1. The molecule has 0 fully saturated rings. The van der Waals surface area contributed by atoms with E-state index in [0.29, 0.717) is 23.3 Å². The first kappa shape index (κ1) is 20.6. The van der Waals surface area contributed by atoms with Gasteiger partial charge in [-0.15, -0.1) is 0 Å². The van der Waals surface area contributed by atoms with Gasteiger partial charge in [-0.05, 0) is 35.1 Å². The lowest BCUT2D eigenvalue weighted by Crippen LogP contribution is -2.23. The van der Waals surface area contributed by atoms with Gasteiger partial charge in [0.15, 0.2) is 11.5 Å². The number of amides is 1. The molecule has 0 heterocycles. The average Bonchev–Trinajstić information content (AvgIpc) is 2.65. The van der Waals surface area contributed by atoms with Crippen LogP contribution in [-0.4, -0.2) is 26.7 Å². The molecule has 146 valence electrons. The van der Waals surface area contributed by atoms with E-state index < -0.39 is 0 Å². The Kier molecular flexibility index (Phi) is 7.11. The van der Waals surface area contributed by atoms with Crippen molar-refractivity contribution in [1.82, 2.24) is 0 Å². The summed E-state index contributed by atoms with van der Waals surface area (Å²) in [5, 5.41) is 6.25. The summed E-state index contributed by atoms with van der Waals surface area (Å²) in [7, 11) is 3.18. The minimum atomic E-state index is -0.0835. The van der Waals surface area contributed by atoms with E-state index in [1.807, 2.05) is 18.2 Å². The minimum absolute atomic E-state index is 0.0835. The van der Waals surface area contributed by atoms with Gasteiger partial charge in [-0.3, -0.25) is 4.79 Å². The number of nitrogens with one attached hydrogen (secondary N) is 2. The van der Waals surface area contributed by atoms with E-state index in [1.165, 1.54) is 0 Å². The molecule has 0 radical (unpaired) electrons. The predicted octanol–water partition coefficient (Wildman–Crippen LogP) is 5.00. The van der Waals surface area contributed by atoms with E-state index in [2.05, 4.69) is 56.5 Å². The van der Waals surface area contributed by atoms with Gasteiger partial charge in [0, 0.05) is 17.4 Å². The first-order valence-electron chi connectivity index (χ1n) is 9.25. The van der Waals surface area contributed by atoms with Gasteiger partial charge in [0.2, 0.25) is 5.91 Å². The molecule has 0 atom stereocenters. The largest absolute Gasteiger partial charge is 0.493 e. The zero-order chi connectivity index (χ0) is 20.0. The Morgan fingerprint density at radius 3 is 2.04 bits per heavy atom. The number of carbonyl (C=O) groups excluding carboxylic acids is 1. The summed E-state index contributed by atoms with van der Waals surface area (Å²) in [5.41, 5.74) is 4.03. The second kappa shape index (κ2) is 9.31. The number of hydrogen-bond donors (Lipinski definition) is 2. The van der Waals surface area contributed by atoms with E-state index >= 15 is 0 Å². The van der Waals surface area contributed by atoms with Crippen molar-refractivity contribution in [3.05, 3.63) is 47.5 Å². The highest BCUT2D eigenvalue weighted by molar-refractivity contribution is 5.95. The van der Waals surface area contributed by atoms with E-state index in [4.69, 9.17) is 9.47 Å². The molecular weight excluding hydrogens is 340 g/mol. The first-order chi connectivity index (χ1) is 12.9. The monoisotopic (exact) mass is 370 g/mol. The van der Waals surface area contributed by atoms with Crippen molar-refractivity contribution in [2.75, 3.05) is 31.4 Å². The number of rotatable bonds is 8. The molecule has 2 aromatic rings. The Labute approximate surface area is 162 Å². The van der Waals surface area contributed by atoms with Crippen LogP contribution in [0.5, 0.6) is 11.5 Å². The normalized spacial score (nSPS) is 10.8. The maximum absolute atomic E-state index is 12.6. The zero-order valence-corrected chi connectivity index (χ0v) is 17.1. The number of benzene rings is 2. The van der Waals surface area contributed by atoms with Crippen molar-refractivity contribution < 1.29 is 14.3 Å². The van der Waals surface area contributed by atoms with E-state index in [1.54, 1.807) is 14.2 Å². The van der Waals surface area contributed by atoms with Gasteiger partial charge in [-0.1, -0.05) is 45.9 Å². The minimum Gasteiger partial charge on any atom is -0.493 e. The van der Waals surface area contributed by atoms with E-state index in [0.717, 1.165) is 22.5 Å². The second-order valence-electron chi connectivity index (χ2n) is 7.09. The summed E-state index contributed by atoms with van der Waals surface area (Å²) in [6.45, 7) is 8.71. The average molecular weight is 370 g/mol. The second-order valence-corrected chi connectivity index (χ2v) is 7.09. The summed E-state index contributed by atoms with van der Waals surface area (Å²) in [4.78, 5) is 12.6. The molecule has 1 amide bonds. The van der Waals surface area contributed by atoms with Crippen molar-refractivity contribution in [3.8, 4) is 11.5 Å². The van der Waals surface area contributed by atoms with Crippen molar-refractivity contribution in [3.63, 3.8) is 0 Å². The Morgan fingerprint density at radius 1 is 0.926 bits per heavy atom. The Bertz CT molecular complexity index is 759. The highest BCUT2D eigenvalue weighted by Crippen LogP contribution is 2.32. The number of methoxy groups -OCH3 is 2. The maximum Gasteiger partial charge on any atom is 0.243 e. The van der Waals surface area contributed by atoms with Gasteiger partial charge in [0.1, 0.15) is 0 Å². The molecule has 5 nitrogen and oxygen atoms in total. The fraction of sp³-hybridized carbons (Fsp3) is 0.409.